The van der Waals surface area contributed by atoms with Crippen LogP contribution in [0.5, 0.6) is 0 Å². The molecule has 0 aromatic heterocycles. The maximum Gasteiger partial charge on any atom is 0.243 e. The molecule has 0 radical (unpaired) electrons. The van der Waals surface area contributed by atoms with E-state index in [0.717, 1.165) is 25.0 Å². The molecule has 1 unspecified atom stereocenters. The van der Waals surface area contributed by atoms with Gasteiger partial charge < -0.3 is 4.90 Å². The van der Waals surface area contributed by atoms with Crippen LogP contribution >= 0.6 is 0 Å². The van der Waals surface area contributed by atoms with Gasteiger partial charge in [0.25, 0.3) is 0 Å². The van der Waals surface area contributed by atoms with E-state index >= 15 is 0 Å². The highest BCUT2D eigenvalue weighted by molar-refractivity contribution is 7.91. The molecule has 1 aliphatic carbocycles. The lowest BCUT2D eigenvalue weighted by atomic mass is 10.2. The summed E-state index contributed by atoms with van der Waals surface area (Å²) < 4.78 is 63.5. The Balaban J connectivity index is 1.35. The van der Waals surface area contributed by atoms with Gasteiger partial charge in [-0.15, -0.1) is 0 Å². The van der Waals surface area contributed by atoms with Gasteiger partial charge in [0, 0.05) is 38.3 Å². The van der Waals surface area contributed by atoms with E-state index in [9.17, 15) is 26.0 Å². The van der Waals surface area contributed by atoms with Crippen LogP contribution in [-0.4, -0.2) is 93.2 Å². The topological polar surface area (TPSA) is 95.1 Å². The first-order chi connectivity index (χ1) is 14.2. The SMILES string of the molecule is O=C(CN1CCN(S(=O)(=O)c2ccc(F)cc2)CC1)N(C1CC1)C1CCS(=O)(=O)C1. The first-order valence-electron chi connectivity index (χ1n) is 10.2. The number of sulfonamides is 1. The molecule has 3 fully saturated rings. The van der Waals surface area contributed by atoms with Crippen LogP contribution in [0.4, 0.5) is 4.39 Å². The normalized spacial score (nSPS) is 25.3. The summed E-state index contributed by atoms with van der Waals surface area (Å²) >= 11 is 0. The van der Waals surface area contributed by atoms with Gasteiger partial charge in [0.1, 0.15) is 5.82 Å². The average molecular weight is 460 g/mol. The summed E-state index contributed by atoms with van der Waals surface area (Å²) in [6.07, 6.45) is 2.31. The summed E-state index contributed by atoms with van der Waals surface area (Å²) in [4.78, 5) is 16.7. The Morgan fingerprint density at radius 3 is 2.20 bits per heavy atom. The van der Waals surface area contributed by atoms with E-state index in [4.69, 9.17) is 0 Å². The molecule has 30 heavy (non-hydrogen) atoms. The van der Waals surface area contributed by atoms with Gasteiger partial charge in [-0.3, -0.25) is 9.69 Å². The van der Waals surface area contributed by atoms with Crippen LogP contribution in [0, 0.1) is 5.82 Å². The molecule has 1 aromatic carbocycles. The van der Waals surface area contributed by atoms with Gasteiger partial charge in [-0.05, 0) is 43.5 Å². The standard InChI is InChI=1S/C19H26FN3O5S2/c20-15-1-5-18(6-2-15)30(27,28)22-10-8-21(9-11-22)13-19(24)23(16-3-4-16)17-7-12-29(25,26)14-17/h1-2,5-6,16-17H,3-4,7-14H2. The average Bonchev–Trinajstić information content (AvgIpc) is 3.45. The lowest BCUT2D eigenvalue weighted by Crippen LogP contribution is -2.53. The zero-order chi connectivity index (χ0) is 21.5. The largest absolute Gasteiger partial charge is 0.335 e. The molecule has 3 aliphatic rings. The number of sulfone groups is 1. The van der Waals surface area contributed by atoms with Crippen LogP contribution in [0.1, 0.15) is 19.3 Å². The van der Waals surface area contributed by atoms with E-state index in [0.29, 0.717) is 19.5 Å². The summed E-state index contributed by atoms with van der Waals surface area (Å²) in [6.45, 7) is 1.47. The number of nitrogens with zero attached hydrogens (tertiary/aromatic N) is 3. The Bertz CT molecular complexity index is 1000. The molecule has 11 heteroatoms. The van der Waals surface area contributed by atoms with Crippen LogP contribution in [0.3, 0.4) is 0 Å². The number of rotatable bonds is 6. The summed E-state index contributed by atoms with van der Waals surface area (Å²) in [7, 11) is -6.77. The zero-order valence-electron chi connectivity index (χ0n) is 16.6. The summed E-state index contributed by atoms with van der Waals surface area (Å²) in [6, 6.07) is 4.65. The quantitative estimate of drug-likeness (QED) is 0.608. The zero-order valence-corrected chi connectivity index (χ0v) is 18.2. The second-order valence-electron chi connectivity index (χ2n) is 8.22. The van der Waals surface area contributed by atoms with Crippen molar-refractivity contribution >= 4 is 25.8 Å². The number of carbonyl (C=O) groups excluding carboxylic acids is 1. The monoisotopic (exact) mass is 459 g/mol. The van der Waals surface area contributed by atoms with E-state index in [1.54, 1.807) is 4.90 Å². The number of hydrogen-bond donors (Lipinski definition) is 0. The minimum Gasteiger partial charge on any atom is -0.335 e. The van der Waals surface area contributed by atoms with Crippen molar-refractivity contribution in [2.45, 2.75) is 36.2 Å². The summed E-state index contributed by atoms with van der Waals surface area (Å²) in [5, 5.41) is 0. The molecule has 1 aromatic rings. The molecule has 0 spiro atoms. The van der Waals surface area contributed by atoms with E-state index in [-0.39, 0.29) is 54.0 Å². The predicted octanol–water partition coefficient (Wildman–Crippen LogP) is 0.310. The fourth-order valence-corrected chi connectivity index (χ4v) is 7.34. The summed E-state index contributed by atoms with van der Waals surface area (Å²) in [5.74, 6) is -0.394. The fourth-order valence-electron chi connectivity index (χ4n) is 4.21. The second-order valence-corrected chi connectivity index (χ2v) is 12.4. The molecule has 2 heterocycles. The molecule has 2 saturated heterocycles. The first-order valence-corrected chi connectivity index (χ1v) is 13.4. The van der Waals surface area contributed by atoms with Crippen LogP contribution in [0.15, 0.2) is 29.2 Å². The Labute approximate surface area is 176 Å². The maximum absolute atomic E-state index is 13.1. The van der Waals surface area contributed by atoms with Crippen molar-refractivity contribution in [3.8, 4) is 0 Å². The number of benzene rings is 1. The molecule has 0 bridgehead atoms. The third-order valence-corrected chi connectivity index (χ3v) is 9.63. The highest BCUT2D eigenvalue weighted by atomic mass is 32.2. The molecule has 4 rings (SSSR count). The van der Waals surface area contributed by atoms with Crippen LogP contribution in [0.2, 0.25) is 0 Å². The van der Waals surface area contributed by atoms with Crippen molar-refractivity contribution in [1.29, 1.82) is 0 Å². The Hall–Kier alpha value is -1.56. The number of amides is 1. The van der Waals surface area contributed by atoms with Crippen molar-refractivity contribution in [2.75, 3.05) is 44.2 Å². The number of halogens is 1. The van der Waals surface area contributed by atoms with E-state index in [1.807, 2.05) is 4.90 Å². The smallest absolute Gasteiger partial charge is 0.243 e. The van der Waals surface area contributed by atoms with E-state index in [2.05, 4.69) is 0 Å². The van der Waals surface area contributed by atoms with E-state index < -0.39 is 25.7 Å². The van der Waals surface area contributed by atoms with E-state index in [1.165, 1.54) is 16.4 Å². The number of hydrogen-bond acceptors (Lipinski definition) is 6. The molecule has 1 saturated carbocycles. The minimum atomic E-state index is -3.70. The van der Waals surface area contributed by atoms with Crippen molar-refractivity contribution in [3.05, 3.63) is 30.1 Å². The Kier molecular flexibility index (Phi) is 5.90. The summed E-state index contributed by atoms with van der Waals surface area (Å²) in [5.41, 5.74) is 0. The molecule has 1 atom stereocenters. The molecule has 166 valence electrons. The van der Waals surface area contributed by atoms with Crippen molar-refractivity contribution < 1.29 is 26.0 Å². The highest BCUT2D eigenvalue weighted by Gasteiger charge is 2.42. The second kappa shape index (κ2) is 8.18. The van der Waals surface area contributed by atoms with Crippen molar-refractivity contribution in [3.63, 3.8) is 0 Å². The van der Waals surface area contributed by atoms with Gasteiger partial charge >= 0.3 is 0 Å². The molecule has 0 N–H and O–H groups in total. The molecule has 1 amide bonds. The van der Waals surface area contributed by atoms with Gasteiger partial charge in [0.2, 0.25) is 15.9 Å². The third kappa shape index (κ3) is 4.68. The fraction of sp³-hybridized carbons (Fsp3) is 0.632. The first kappa shape index (κ1) is 21.7. The van der Waals surface area contributed by atoms with Gasteiger partial charge in [0.15, 0.2) is 9.84 Å². The van der Waals surface area contributed by atoms with Crippen LogP contribution in [-0.2, 0) is 24.7 Å². The molecule has 2 aliphatic heterocycles. The van der Waals surface area contributed by atoms with Gasteiger partial charge in [0.05, 0.1) is 22.9 Å². The van der Waals surface area contributed by atoms with Crippen LogP contribution in [0.25, 0.3) is 0 Å². The number of piperazine rings is 1. The van der Waals surface area contributed by atoms with Crippen LogP contribution < -0.4 is 0 Å². The van der Waals surface area contributed by atoms with Crippen molar-refractivity contribution in [2.24, 2.45) is 0 Å². The highest BCUT2D eigenvalue weighted by Crippen LogP contribution is 2.32. The van der Waals surface area contributed by atoms with Gasteiger partial charge in [-0.25, -0.2) is 21.2 Å². The number of carbonyl (C=O) groups is 1. The third-order valence-electron chi connectivity index (χ3n) is 5.97. The van der Waals surface area contributed by atoms with Gasteiger partial charge in [-0.1, -0.05) is 0 Å². The predicted molar refractivity (Wildman–Crippen MR) is 109 cm³/mol. The lowest BCUT2D eigenvalue weighted by molar-refractivity contribution is -0.135. The molecular weight excluding hydrogens is 433 g/mol. The van der Waals surface area contributed by atoms with Crippen molar-refractivity contribution in [1.82, 2.24) is 14.1 Å². The molecule has 8 nitrogen and oxygen atoms in total. The Morgan fingerprint density at radius 2 is 1.67 bits per heavy atom. The molecular formula is C19H26FN3O5S2. The Morgan fingerprint density at radius 1 is 1.03 bits per heavy atom. The maximum atomic E-state index is 13.1. The lowest BCUT2D eigenvalue weighted by Gasteiger charge is -2.36. The minimum absolute atomic E-state index is 0.0406. The van der Waals surface area contributed by atoms with Gasteiger partial charge in [-0.2, -0.15) is 4.31 Å².